The average Bonchev–Trinajstić information content (AvgIpc) is 1.59. The molecule has 1 nitrogen and oxygen atoms in total. The van der Waals surface area contributed by atoms with Crippen molar-refractivity contribution in [1.82, 2.24) is 3.93 Å². The smallest absolute Gasteiger partial charge is 0.0120 e. The Labute approximate surface area is 65.8 Å². The van der Waals surface area contributed by atoms with Crippen LogP contribution in [0.4, 0.5) is 0 Å². The van der Waals surface area contributed by atoms with Gasteiger partial charge >= 0.3 is 0 Å². The summed E-state index contributed by atoms with van der Waals surface area (Å²) >= 11 is 3.50. The predicted octanol–water partition coefficient (Wildman–Crippen LogP) is 2.27. The van der Waals surface area contributed by atoms with Crippen molar-refractivity contribution in [2.24, 2.45) is 11.8 Å². The summed E-state index contributed by atoms with van der Waals surface area (Å²) in [7, 11) is 0. The summed E-state index contributed by atoms with van der Waals surface area (Å²) in [6.07, 6.45) is 1.39. The maximum atomic E-state index is 3.50. The molecule has 0 aromatic carbocycles. The van der Waals surface area contributed by atoms with Crippen molar-refractivity contribution in [1.29, 1.82) is 0 Å². The highest BCUT2D eigenvalue weighted by Gasteiger charge is 2.19. The van der Waals surface area contributed by atoms with Crippen LogP contribution >= 0.6 is 16.1 Å². The Bertz CT molecular complexity index is 69.9. The first-order valence-electron chi connectivity index (χ1n) is 3.59. The Morgan fingerprint density at radius 3 is 2.00 bits per heavy atom. The maximum Gasteiger partial charge on any atom is 0.0120 e. The van der Waals surface area contributed by atoms with E-state index in [1.165, 1.54) is 19.5 Å². The summed E-state index contributed by atoms with van der Waals surface area (Å²) < 4.78 is 2.24. The van der Waals surface area contributed by atoms with E-state index in [9.17, 15) is 0 Å². The molecule has 1 aliphatic rings. The first-order valence-corrected chi connectivity index (χ1v) is 4.30. The third kappa shape index (κ3) is 2.26. The van der Waals surface area contributed by atoms with Crippen molar-refractivity contribution in [3.05, 3.63) is 0 Å². The lowest BCUT2D eigenvalue weighted by atomic mass is 9.94. The number of halogens is 1. The lowest BCUT2D eigenvalue weighted by molar-refractivity contribution is 0.244. The van der Waals surface area contributed by atoms with Crippen molar-refractivity contribution in [3.8, 4) is 0 Å². The zero-order valence-corrected chi connectivity index (χ0v) is 7.69. The fraction of sp³-hybridized carbons (Fsp3) is 1.00. The second-order valence-electron chi connectivity index (χ2n) is 3.27. The van der Waals surface area contributed by atoms with Gasteiger partial charge in [0.25, 0.3) is 0 Å². The molecule has 2 atom stereocenters. The molecule has 0 aliphatic carbocycles. The lowest BCUT2D eigenvalue weighted by Gasteiger charge is -2.30. The van der Waals surface area contributed by atoms with Gasteiger partial charge in [-0.05, 0) is 18.3 Å². The van der Waals surface area contributed by atoms with Crippen molar-refractivity contribution in [2.45, 2.75) is 20.3 Å². The van der Waals surface area contributed by atoms with Crippen LogP contribution in [0.15, 0.2) is 0 Å². The van der Waals surface area contributed by atoms with Crippen LogP contribution in [0.2, 0.25) is 0 Å². The van der Waals surface area contributed by atoms with Crippen molar-refractivity contribution in [2.75, 3.05) is 13.1 Å². The summed E-state index contributed by atoms with van der Waals surface area (Å²) in [5, 5.41) is 0. The van der Waals surface area contributed by atoms with E-state index in [1.807, 2.05) is 0 Å². The molecule has 2 unspecified atom stereocenters. The van der Waals surface area contributed by atoms with Crippen LogP contribution in [0.5, 0.6) is 0 Å². The van der Waals surface area contributed by atoms with E-state index >= 15 is 0 Å². The second kappa shape index (κ2) is 3.02. The first kappa shape index (κ1) is 7.55. The van der Waals surface area contributed by atoms with E-state index in [4.69, 9.17) is 0 Å². The molecule has 1 fully saturated rings. The fourth-order valence-electron chi connectivity index (χ4n) is 1.59. The molecule has 1 rings (SSSR count). The SMILES string of the molecule is CC1CC(C)CN(Br)C1. The lowest BCUT2D eigenvalue weighted by Crippen LogP contribution is -2.31. The normalized spacial score (nSPS) is 39.0. The summed E-state index contributed by atoms with van der Waals surface area (Å²) in [6, 6.07) is 0. The Kier molecular flexibility index (Phi) is 2.53. The van der Waals surface area contributed by atoms with Crippen LogP contribution in [-0.4, -0.2) is 17.0 Å². The van der Waals surface area contributed by atoms with Crippen molar-refractivity contribution < 1.29 is 0 Å². The van der Waals surface area contributed by atoms with Gasteiger partial charge in [-0.1, -0.05) is 13.8 Å². The minimum Gasteiger partial charge on any atom is -0.242 e. The van der Waals surface area contributed by atoms with E-state index < -0.39 is 0 Å². The minimum atomic E-state index is 0.869. The van der Waals surface area contributed by atoms with E-state index in [1.54, 1.807) is 0 Å². The molecule has 0 radical (unpaired) electrons. The fourth-order valence-corrected chi connectivity index (χ4v) is 2.58. The maximum absolute atomic E-state index is 3.50. The van der Waals surface area contributed by atoms with Crippen molar-refractivity contribution >= 4 is 16.1 Å². The molecule has 0 aromatic heterocycles. The number of piperidine rings is 1. The third-order valence-electron chi connectivity index (χ3n) is 1.82. The van der Waals surface area contributed by atoms with Crippen LogP contribution in [0.3, 0.4) is 0 Å². The Morgan fingerprint density at radius 2 is 1.67 bits per heavy atom. The summed E-state index contributed by atoms with van der Waals surface area (Å²) in [4.78, 5) is 0. The molecule has 2 heteroatoms. The van der Waals surface area contributed by atoms with E-state index in [0.29, 0.717) is 0 Å². The number of nitrogens with zero attached hydrogens (tertiary/aromatic N) is 1. The van der Waals surface area contributed by atoms with Gasteiger partial charge < -0.3 is 0 Å². The highest BCUT2D eigenvalue weighted by atomic mass is 79.9. The van der Waals surface area contributed by atoms with Gasteiger partial charge in [0.2, 0.25) is 0 Å². The predicted molar refractivity (Wildman–Crippen MR) is 43.4 cm³/mol. The first-order chi connectivity index (χ1) is 4.18. The molecule has 0 bridgehead atoms. The summed E-state index contributed by atoms with van der Waals surface area (Å²) in [5.74, 6) is 1.74. The number of rotatable bonds is 0. The van der Waals surface area contributed by atoms with E-state index in [0.717, 1.165) is 11.8 Å². The van der Waals surface area contributed by atoms with Gasteiger partial charge in [0.05, 0.1) is 0 Å². The summed E-state index contributed by atoms with van der Waals surface area (Å²) in [6.45, 7) is 7.04. The Morgan fingerprint density at radius 1 is 1.22 bits per heavy atom. The molecular weight excluding hydrogens is 178 g/mol. The third-order valence-corrected chi connectivity index (χ3v) is 2.40. The van der Waals surface area contributed by atoms with E-state index in [2.05, 4.69) is 33.9 Å². The van der Waals surface area contributed by atoms with Crippen molar-refractivity contribution in [3.63, 3.8) is 0 Å². The molecular formula is C7H14BrN. The number of hydrogen-bond acceptors (Lipinski definition) is 1. The van der Waals surface area contributed by atoms with Gasteiger partial charge in [-0.2, -0.15) is 0 Å². The van der Waals surface area contributed by atoms with Crippen LogP contribution in [0.1, 0.15) is 20.3 Å². The molecule has 0 spiro atoms. The molecule has 0 N–H and O–H groups in total. The average molecular weight is 192 g/mol. The van der Waals surface area contributed by atoms with Gasteiger partial charge in [-0.25, -0.2) is 3.93 Å². The van der Waals surface area contributed by atoms with Gasteiger partial charge in [0, 0.05) is 29.2 Å². The molecule has 0 aromatic rings. The number of hydrogen-bond donors (Lipinski definition) is 0. The zero-order chi connectivity index (χ0) is 6.85. The van der Waals surface area contributed by atoms with Gasteiger partial charge in [-0.3, -0.25) is 0 Å². The highest BCUT2D eigenvalue weighted by molar-refractivity contribution is 9.07. The Hall–Kier alpha value is 0.440. The summed E-state index contributed by atoms with van der Waals surface area (Å²) in [5.41, 5.74) is 0. The Balaban J connectivity index is 2.34. The molecule has 0 amide bonds. The largest absolute Gasteiger partial charge is 0.242 e. The topological polar surface area (TPSA) is 3.24 Å². The molecule has 1 heterocycles. The quantitative estimate of drug-likeness (QED) is 0.532. The second-order valence-corrected chi connectivity index (χ2v) is 4.28. The van der Waals surface area contributed by atoms with Gasteiger partial charge in [0.1, 0.15) is 0 Å². The molecule has 0 saturated carbocycles. The van der Waals surface area contributed by atoms with Crippen LogP contribution in [0, 0.1) is 11.8 Å². The highest BCUT2D eigenvalue weighted by Crippen LogP contribution is 2.22. The van der Waals surface area contributed by atoms with Crippen LogP contribution in [-0.2, 0) is 0 Å². The molecule has 54 valence electrons. The zero-order valence-electron chi connectivity index (χ0n) is 6.10. The monoisotopic (exact) mass is 191 g/mol. The van der Waals surface area contributed by atoms with Crippen LogP contribution < -0.4 is 0 Å². The minimum absolute atomic E-state index is 0.869. The molecule has 9 heavy (non-hydrogen) atoms. The van der Waals surface area contributed by atoms with Crippen LogP contribution in [0.25, 0.3) is 0 Å². The molecule has 1 aliphatic heterocycles. The van der Waals surface area contributed by atoms with Gasteiger partial charge in [0.15, 0.2) is 0 Å². The van der Waals surface area contributed by atoms with E-state index in [-0.39, 0.29) is 0 Å². The molecule has 1 saturated heterocycles. The van der Waals surface area contributed by atoms with Gasteiger partial charge in [-0.15, -0.1) is 0 Å². The standard InChI is InChI=1S/C7H14BrN/c1-6-3-7(2)5-9(8)4-6/h6-7H,3-5H2,1-2H3.